The van der Waals surface area contributed by atoms with Gasteiger partial charge in [0.15, 0.2) is 0 Å². The lowest BCUT2D eigenvalue weighted by Crippen LogP contribution is -2.09. The van der Waals surface area contributed by atoms with Crippen molar-refractivity contribution in [1.29, 1.82) is 0 Å². The third-order valence-electron chi connectivity index (χ3n) is 3.02. The highest BCUT2D eigenvalue weighted by molar-refractivity contribution is 5.90. The molecular weight excluding hydrogens is 255 g/mol. The van der Waals surface area contributed by atoms with Gasteiger partial charge < -0.3 is 10.6 Å². The van der Waals surface area contributed by atoms with Gasteiger partial charge in [-0.05, 0) is 42.3 Å². The molecule has 0 saturated carbocycles. The minimum Gasteiger partial charge on any atom is -0.381 e. The zero-order valence-electron chi connectivity index (χ0n) is 11.5. The number of halogens is 1. The molecule has 4 heteroatoms. The summed E-state index contributed by atoms with van der Waals surface area (Å²) in [6.07, 6.45) is 0. The highest BCUT2D eigenvalue weighted by atomic mass is 19.1. The van der Waals surface area contributed by atoms with Crippen molar-refractivity contribution in [3.63, 3.8) is 0 Å². The van der Waals surface area contributed by atoms with E-state index < -0.39 is 0 Å². The van der Waals surface area contributed by atoms with Crippen LogP contribution in [0.1, 0.15) is 18.1 Å². The molecule has 0 unspecified atom stereocenters. The monoisotopic (exact) mass is 272 g/mol. The lowest BCUT2D eigenvalue weighted by molar-refractivity contribution is -0.114. The van der Waals surface area contributed by atoms with Gasteiger partial charge in [0.2, 0.25) is 5.91 Å². The average molecular weight is 272 g/mol. The molecule has 0 saturated heterocycles. The van der Waals surface area contributed by atoms with E-state index in [4.69, 9.17) is 0 Å². The number of rotatable bonds is 4. The van der Waals surface area contributed by atoms with Gasteiger partial charge in [-0.25, -0.2) is 4.39 Å². The number of carbonyl (C=O) groups excluding carboxylic acids is 1. The van der Waals surface area contributed by atoms with Gasteiger partial charge >= 0.3 is 0 Å². The maximum absolute atomic E-state index is 13.1. The first-order chi connectivity index (χ1) is 9.56. The fourth-order valence-corrected chi connectivity index (χ4v) is 2.00. The van der Waals surface area contributed by atoms with Crippen LogP contribution in [0.15, 0.2) is 42.5 Å². The van der Waals surface area contributed by atoms with E-state index in [2.05, 4.69) is 10.6 Å². The van der Waals surface area contributed by atoms with E-state index in [-0.39, 0.29) is 11.7 Å². The summed E-state index contributed by atoms with van der Waals surface area (Å²) in [4.78, 5) is 11.1. The molecule has 0 heterocycles. The molecule has 0 atom stereocenters. The van der Waals surface area contributed by atoms with Crippen molar-refractivity contribution in [3.05, 3.63) is 59.4 Å². The second kappa shape index (κ2) is 6.19. The first-order valence-corrected chi connectivity index (χ1v) is 6.42. The summed E-state index contributed by atoms with van der Waals surface area (Å²) in [5.41, 5.74) is 3.52. The molecule has 0 aliphatic carbocycles. The summed E-state index contributed by atoms with van der Waals surface area (Å²) in [5.74, 6) is -0.344. The van der Waals surface area contributed by atoms with Crippen LogP contribution >= 0.6 is 0 Å². The molecule has 1 amide bonds. The maximum Gasteiger partial charge on any atom is 0.221 e. The van der Waals surface area contributed by atoms with Crippen molar-refractivity contribution >= 4 is 17.3 Å². The Balaban J connectivity index is 2.11. The van der Waals surface area contributed by atoms with Crippen LogP contribution < -0.4 is 10.6 Å². The Morgan fingerprint density at radius 2 is 1.85 bits per heavy atom. The number of carbonyl (C=O) groups is 1. The minimum atomic E-state index is -0.243. The van der Waals surface area contributed by atoms with Gasteiger partial charge in [-0.2, -0.15) is 0 Å². The molecule has 2 aromatic carbocycles. The smallest absolute Gasteiger partial charge is 0.221 e. The lowest BCUT2D eigenvalue weighted by Gasteiger charge is -2.13. The van der Waals surface area contributed by atoms with E-state index in [1.165, 1.54) is 19.1 Å². The van der Waals surface area contributed by atoms with E-state index in [1.807, 2.05) is 31.2 Å². The van der Waals surface area contributed by atoms with Gasteiger partial charge in [0.05, 0.1) is 0 Å². The summed E-state index contributed by atoms with van der Waals surface area (Å²) < 4.78 is 13.1. The fraction of sp³-hybridized carbons (Fsp3) is 0.188. The number of hydrogen-bond donors (Lipinski definition) is 2. The molecule has 0 aliphatic heterocycles. The van der Waals surface area contributed by atoms with Gasteiger partial charge in [0, 0.05) is 24.8 Å². The molecule has 0 aliphatic rings. The third-order valence-corrected chi connectivity index (χ3v) is 3.02. The Hall–Kier alpha value is -2.36. The Morgan fingerprint density at radius 1 is 1.15 bits per heavy atom. The molecule has 0 radical (unpaired) electrons. The normalized spacial score (nSPS) is 10.2. The molecule has 0 fully saturated rings. The van der Waals surface area contributed by atoms with Gasteiger partial charge in [0.25, 0.3) is 0 Å². The Kier molecular flexibility index (Phi) is 4.35. The van der Waals surface area contributed by atoms with Crippen LogP contribution in [0, 0.1) is 12.7 Å². The van der Waals surface area contributed by atoms with Crippen molar-refractivity contribution in [1.82, 2.24) is 0 Å². The molecule has 2 rings (SSSR count). The standard InChI is InChI=1S/C16H17FN2O/c1-11-15(7-4-8-16(11)19-12(2)20)18-10-13-5-3-6-14(17)9-13/h3-9,18H,10H2,1-2H3,(H,19,20). The summed E-state index contributed by atoms with van der Waals surface area (Å²) in [5, 5.41) is 6.03. The minimum absolute atomic E-state index is 0.101. The summed E-state index contributed by atoms with van der Waals surface area (Å²) in [6.45, 7) is 3.94. The number of nitrogens with one attached hydrogen (secondary N) is 2. The third kappa shape index (κ3) is 3.57. The highest BCUT2D eigenvalue weighted by Gasteiger charge is 2.05. The maximum atomic E-state index is 13.1. The Labute approximate surface area is 117 Å². The summed E-state index contributed by atoms with van der Waals surface area (Å²) in [6, 6.07) is 12.1. The molecular formula is C16H17FN2O. The van der Waals surface area contributed by atoms with Crippen LogP contribution in [0.2, 0.25) is 0 Å². The second-order valence-corrected chi connectivity index (χ2v) is 4.64. The van der Waals surface area contributed by atoms with Crippen LogP contribution in [0.4, 0.5) is 15.8 Å². The van der Waals surface area contributed by atoms with Gasteiger partial charge in [0.1, 0.15) is 5.82 Å². The quantitative estimate of drug-likeness (QED) is 0.891. The van der Waals surface area contributed by atoms with E-state index in [9.17, 15) is 9.18 Å². The zero-order valence-corrected chi connectivity index (χ0v) is 11.5. The van der Waals surface area contributed by atoms with Gasteiger partial charge in [-0.3, -0.25) is 4.79 Å². The van der Waals surface area contributed by atoms with E-state index in [1.54, 1.807) is 6.07 Å². The highest BCUT2D eigenvalue weighted by Crippen LogP contribution is 2.23. The molecule has 0 spiro atoms. The fourth-order valence-electron chi connectivity index (χ4n) is 2.00. The number of hydrogen-bond acceptors (Lipinski definition) is 2. The van der Waals surface area contributed by atoms with Crippen molar-refractivity contribution in [2.24, 2.45) is 0 Å². The van der Waals surface area contributed by atoms with Crippen LogP contribution in [-0.2, 0) is 11.3 Å². The van der Waals surface area contributed by atoms with Crippen LogP contribution in [0.25, 0.3) is 0 Å². The zero-order chi connectivity index (χ0) is 14.5. The van der Waals surface area contributed by atoms with Gasteiger partial charge in [-0.1, -0.05) is 18.2 Å². The molecule has 2 N–H and O–H groups in total. The van der Waals surface area contributed by atoms with Crippen LogP contribution in [-0.4, -0.2) is 5.91 Å². The summed E-state index contributed by atoms with van der Waals surface area (Å²) >= 11 is 0. The van der Waals surface area contributed by atoms with Crippen LogP contribution in [0.5, 0.6) is 0 Å². The second-order valence-electron chi connectivity index (χ2n) is 4.64. The molecule has 20 heavy (non-hydrogen) atoms. The Bertz CT molecular complexity index is 626. The summed E-state index contributed by atoms with van der Waals surface area (Å²) in [7, 11) is 0. The molecule has 2 aromatic rings. The number of anilines is 2. The van der Waals surface area contributed by atoms with E-state index in [0.717, 1.165) is 22.5 Å². The number of benzene rings is 2. The number of amides is 1. The first kappa shape index (κ1) is 14.1. The molecule has 104 valence electrons. The largest absolute Gasteiger partial charge is 0.381 e. The van der Waals surface area contributed by atoms with Crippen molar-refractivity contribution in [3.8, 4) is 0 Å². The van der Waals surface area contributed by atoms with E-state index in [0.29, 0.717) is 6.54 Å². The predicted molar refractivity (Wildman–Crippen MR) is 79.2 cm³/mol. The molecule has 3 nitrogen and oxygen atoms in total. The molecule has 0 bridgehead atoms. The van der Waals surface area contributed by atoms with Crippen molar-refractivity contribution < 1.29 is 9.18 Å². The van der Waals surface area contributed by atoms with Crippen LogP contribution in [0.3, 0.4) is 0 Å². The van der Waals surface area contributed by atoms with Gasteiger partial charge in [-0.15, -0.1) is 0 Å². The first-order valence-electron chi connectivity index (χ1n) is 6.42. The van der Waals surface area contributed by atoms with E-state index >= 15 is 0 Å². The topological polar surface area (TPSA) is 41.1 Å². The van der Waals surface area contributed by atoms with Crippen molar-refractivity contribution in [2.45, 2.75) is 20.4 Å². The SMILES string of the molecule is CC(=O)Nc1cccc(NCc2cccc(F)c2)c1C. The molecule has 0 aromatic heterocycles. The average Bonchev–Trinajstić information content (AvgIpc) is 2.39. The predicted octanol–water partition coefficient (Wildman–Crippen LogP) is 3.70. The van der Waals surface area contributed by atoms with Crippen molar-refractivity contribution in [2.75, 3.05) is 10.6 Å². The Morgan fingerprint density at radius 3 is 2.55 bits per heavy atom. The lowest BCUT2D eigenvalue weighted by atomic mass is 10.1.